The Kier molecular flexibility index (Phi) is 36.5. The summed E-state index contributed by atoms with van der Waals surface area (Å²) in [6, 6.07) is 0. The molecular weight excluding hydrogens is 750 g/mol. The number of phosphoric ester groups is 1. The minimum absolute atomic E-state index is 0.0566. The number of allylic oxidation sites excluding steroid dienone is 20. The Morgan fingerprint density at radius 3 is 1.62 bits per heavy atom. The van der Waals surface area contributed by atoms with Crippen LogP contribution in [0.5, 0.6) is 0 Å². The van der Waals surface area contributed by atoms with Crippen molar-refractivity contribution in [2.45, 2.75) is 123 Å². The Balaban J connectivity index is 4.58. The molecule has 0 amide bonds. The van der Waals surface area contributed by atoms with Crippen LogP contribution in [0.1, 0.15) is 117 Å². The number of nitrogens with zero attached hydrogens (tertiary/aromatic N) is 1. The third-order valence-electron chi connectivity index (χ3n) is 8.09. The van der Waals surface area contributed by atoms with Crippen LogP contribution in [0.4, 0.5) is 0 Å². The summed E-state index contributed by atoms with van der Waals surface area (Å²) in [4.78, 5) is 37.5. The standard InChI is InChI=1S/C48H76NO8P/c1-6-8-10-12-14-16-18-20-22-23-24-25-27-29-31-33-35-37-39-41-48(51)57-46(45-56-58(52,53)55-43-42-49(3,4)5)44-54-47(50)40-38-36-34-32-30-28-26-21-19-17-15-13-11-9-7-2/h8-11,13-17,19-22,24-26,29,31,35,37,46H,6-7,12,18,23,27-28,30,32-34,36,38-45H2,1-5H3/b10-8+,11-9+,15-13+,16-14+,19-17+,22-20+,25-24+,26-21+,31-29+,37-35+/t46-/m1/s1. The number of likely N-dealkylation sites (N-methyl/N-ethyl adjacent to an activating group) is 1. The molecule has 9 nitrogen and oxygen atoms in total. The van der Waals surface area contributed by atoms with Crippen LogP contribution in [0.2, 0.25) is 0 Å². The normalized spacial score (nSPS) is 14.8. The lowest BCUT2D eigenvalue weighted by Gasteiger charge is -2.28. The molecule has 0 N–H and O–H groups in total. The largest absolute Gasteiger partial charge is 0.756 e. The number of unbranched alkanes of at least 4 members (excludes halogenated alkanes) is 5. The van der Waals surface area contributed by atoms with Crippen LogP contribution in [-0.4, -0.2) is 70.0 Å². The second-order valence-electron chi connectivity index (χ2n) is 14.7. The number of carbonyl (C=O) groups excluding carboxylic acids is 2. The Morgan fingerprint density at radius 1 is 0.552 bits per heavy atom. The van der Waals surface area contributed by atoms with E-state index in [9.17, 15) is 19.0 Å². The lowest BCUT2D eigenvalue weighted by Crippen LogP contribution is -2.37. The third kappa shape index (κ3) is 42.0. The van der Waals surface area contributed by atoms with E-state index in [2.05, 4.69) is 92.8 Å². The van der Waals surface area contributed by atoms with Gasteiger partial charge in [0, 0.05) is 12.8 Å². The molecule has 0 fully saturated rings. The minimum Gasteiger partial charge on any atom is -0.756 e. The lowest BCUT2D eigenvalue weighted by molar-refractivity contribution is -0.870. The number of quaternary nitrogens is 1. The molecule has 0 aliphatic rings. The maximum atomic E-state index is 12.6. The monoisotopic (exact) mass is 826 g/mol. The molecule has 0 aliphatic carbocycles. The molecular formula is C48H76NO8P. The fourth-order valence-corrected chi connectivity index (χ4v) is 5.53. The van der Waals surface area contributed by atoms with Gasteiger partial charge in [-0.3, -0.25) is 14.2 Å². The zero-order valence-electron chi connectivity index (χ0n) is 36.4. The number of carbonyl (C=O) groups is 2. The first-order chi connectivity index (χ1) is 28.0. The van der Waals surface area contributed by atoms with E-state index in [0.29, 0.717) is 23.9 Å². The van der Waals surface area contributed by atoms with Gasteiger partial charge in [-0.1, -0.05) is 155 Å². The summed E-state index contributed by atoms with van der Waals surface area (Å²) in [6.07, 6.45) is 53.8. The number of rotatable bonds is 36. The van der Waals surface area contributed by atoms with Gasteiger partial charge in [-0.25, -0.2) is 0 Å². The first-order valence-electron chi connectivity index (χ1n) is 21.3. The Labute approximate surface area is 352 Å². The van der Waals surface area contributed by atoms with Crippen LogP contribution < -0.4 is 4.89 Å². The van der Waals surface area contributed by atoms with Gasteiger partial charge in [-0.05, 0) is 70.6 Å². The van der Waals surface area contributed by atoms with Crippen LogP contribution in [-0.2, 0) is 32.7 Å². The van der Waals surface area contributed by atoms with Gasteiger partial charge in [0.05, 0.1) is 27.7 Å². The molecule has 0 saturated heterocycles. The van der Waals surface area contributed by atoms with E-state index in [1.165, 1.54) is 0 Å². The van der Waals surface area contributed by atoms with Crippen molar-refractivity contribution in [2.75, 3.05) is 47.5 Å². The lowest BCUT2D eigenvalue weighted by atomic mass is 10.1. The number of ether oxygens (including phenoxy) is 2. The van der Waals surface area contributed by atoms with Gasteiger partial charge in [-0.15, -0.1) is 0 Å². The van der Waals surface area contributed by atoms with Crippen molar-refractivity contribution in [3.05, 3.63) is 122 Å². The molecule has 326 valence electrons. The quantitative estimate of drug-likeness (QED) is 0.0153. The SMILES string of the molecule is CC/C=C/C=C/C=C/C=C/CCCCCCCC(=O)OC[C@H](COP(=O)([O-])OCC[N+](C)(C)C)OC(=O)CC/C=C/C/C=C/C/C=C/C/C=C/C/C=C/C/C=C/CC. The van der Waals surface area contributed by atoms with Gasteiger partial charge in [-0.2, -0.15) is 0 Å². The van der Waals surface area contributed by atoms with Crippen molar-refractivity contribution in [1.29, 1.82) is 0 Å². The molecule has 0 aromatic rings. The maximum absolute atomic E-state index is 12.6. The summed E-state index contributed by atoms with van der Waals surface area (Å²) in [7, 11) is 1.08. The van der Waals surface area contributed by atoms with Crippen molar-refractivity contribution in [3.8, 4) is 0 Å². The van der Waals surface area contributed by atoms with Crippen molar-refractivity contribution >= 4 is 19.8 Å². The molecule has 2 atom stereocenters. The summed E-state index contributed by atoms with van der Waals surface area (Å²) in [5, 5.41) is 0. The minimum atomic E-state index is -4.66. The fraction of sp³-hybridized carbons (Fsp3) is 0.542. The second kappa shape index (κ2) is 38.9. The molecule has 0 heterocycles. The average molecular weight is 826 g/mol. The highest BCUT2D eigenvalue weighted by Crippen LogP contribution is 2.38. The smallest absolute Gasteiger partial charge is 0.306 e. The van der Waals surface area contributed by atoms with Crippen LogP contribution in [0.3, 0.4) is 0 Å². The maximum Gasteiger partial charge on any atom is 0.306 e. The highest BCUT2D eigenvalue weighted by Gasteiger charge is 2.21. The second-order valence-corrected chi connectivity index (χ2v) is 16.1. The van der Waals surface area contributed by atoms with E-state index < -0.39 is 32.5 Å². The molecule has 0 aliphatic heterocycles. The summed E-state index contributed by atoms with van der Waals surface area (Å²) < 4.78 is 33.7. The predicted molar refractivity (Wildman–Crippen MR) is 240 cm³/mol. The molecule has 10 heteroatoms. The van der Waals surface area contributed by atoms with Crippen molar-refractivity contribution in [2.24, 2.45) is 0 Å². The van der Waals surface area contributed by atoms with Gasteiger partial charge < -0.3 is 27.9 Å². The number of hydrogen-bond donors (Lipinski definition) is 0. The van der Waals surface area contributed by atoms with Crippen LogP contribution in [0.25, 0.3) is 0 Å². The van der Waals surface area contributed by atoms with Gasteiger partial charge in [0.25, 0.3) is 7.82 Å². The topological polar surface area (TPSA) is 111 Å². The molecule has 0 rings (SSSR count). The molecule has 58 heavy (non-hydrogen) atoms. The van der Waals surface area contributed by atoms with E-state index >= 15 is 0 Å². The molecule has 0 aromatic heterocycles. The third-order valence-corrected chi connectivity index (χ3v) is 9.05. The number of hydrogen-bond acceptors (Lipinski definition) is 8. The molecule has 0 bridgehead atoms. The van der Waals surface area contributed by atoms with Crippen molar-refractivity contribution < 1.29 is 42.1 Å². The van der Waals surface area contributed by atoms with Gasteiger partial charge >= 0.3 is 11.9 Å². The van der Waals surface area contributed by atoms with Crippen molar-refractivity contribution in [1.82, 2.24) is 0 Å². The summed E-state index contributed by atoms with van der Waals surface area (Å²) in [5.41, 5.74) is 0. The molecule has 1 unspecified atom stereocenters. The van der Waals surface area contributed by atoms with Crippen molar-refractivity contribution in [3.63, 3.8) is 0 Å². The van der Waals surface area contributed by atoms with Gasteiger partial charge in [0.2, 0.25) is 0 Å². The van der Waals surface area contributed by atoms with Crippen LogP contribution in [0.15, 0.2) is 122 Å². The van der Waals surface area contributed by atoms with Gasteiger partial charge in [0.1, 0.15) is 19.8 Å². The molecule has 0 aromatic carbocycles. The highest BCUT2D eigenvalue weighted by atomic mass is 31.2. The Hall–Kier alpha value is -3.59. The molecule has 0 radical (unpaired) electrons. The van der Waals surface area contributed by atoms with E-state index in [4.69, 9.17) is 18.5 Å². The first kappa shape index (κ1) is 54.4. The Morgan fingerprint density at radius 2 is 1.05 bits per heavy atom. The zero-order valence-corrected chi connectivity index (χ0v) is 37.3. The van der Waals surface area contributed by atoms with E-state index in [1.54, 1.807) is 0 Å². The number of phosphoric acid groups is 1. The van der Waals surface area contributed by atoms with E-state index in [1.807, 2.05) is 63.7 Å². The average Bonchev–Trinajstić information content (AvgIpc) is 3.17. The molecule has 0 saturated carbocycles. The Bertz CT molecular complexity index is 1390. The summed E-state index contributed by atoms with van der Waals surface area (Å²) in [6.45, 7) is 3.81. The summed E-state index contributed by atoms with van der Waals surface area (Å²) >= 11 is 0. The van der Waals surface area contributed by atoms with Crippen LogP contribution >= 0.6 is 7.82 Å². The van der Waals surface area contributed by atoms with E-state index in [-0.39, 0.29) is 26.1 Å². The predicted octanol–water partition coefficient (Wildman–Crippen LogP) is 11.5. The molecule has 0 spiro atoms. The summed E-state index contributed by atoms with van der Waals surface area (Å²) in [5.74, 6) is -0.976. The fourth-order valence-electron chi connectivity index (χ4n) is 4.81. The van der Waals surface area contributed by atoms with E-state index in [0.717, 1.165) is 77.0 Å². The first-order valence-corrected chi connectivity index (χ1v) is 22.8. The zero-order chi connectivity index (χ0) is 42.8. The number of esters is 2. The van der Waals surface area contributed by atoms with Crippen LogP contribution in [0, 0.1) is 0 Å². The van der Waals surface area contributed by atoms with Gasteiger partial charge in [0.15, 0.2) is 6.10 Å². The highest BCUT2D eigenvalue weighted by molar-refractivity contribution is 7.45.